The van der Waals surface area contributed by atoms with Gasteiger partial charge in [-0.15, -0.1) is 0 Å². The van der Waals surface area contributed by atoms with Gasteiger partial charge in [0, 0.05) is 25.4 Å². The van der Waals surface area contributed by atoms with Crippen molar-refractivity contribution >= 4 is 15.7 Å². The first-order valence-electron chi connectivity index (χ1n) is 6.62. The molecule has 20 heavy (non-hydrogen) atoms. The van der Waals surface area contributed by atoms with Crippen molar-refractivity contribution in [2.45, 2.75) is 25.2 Å². The molecule has 0 aromatic heterocycles. The van der Waals surface area contributed by atoms with Gasteiger partial charge in [-0.3, -0.25) is 5.84 Å². The fourth-order valence-electron chi connectivity index (χ4n) is 2.53. The second-order valence-electron chi connectivity index (χ2n) is 4.95. The molecule has 0 atom stereocenters. The van der Waals surface area contributed by atoms with Crippen LogP contribution < -0.4 is 11.3 Å². The molecule has 1 aromatic rings. The van der Waals surface area contributed by atoms with Gasteiger partial charge in [-0.25, -0.2) is 8.42 Å². The standard InChI is InChI=1S/C13H21N3O3S/c1-10-8-12(15-14)9-11(2)13(10)20(17,18)16-4-3-6-19-7-5-16/h8-9,15H,3-7,14H2,1-2H3. The predicted octanol–water partition coefficient (Wildman–Crippen LogP) is 1.00. The number of rotatable bonds is 3. The van der Waals surface area contributed by atoms with Crippen LogP contribution in [0.5, 0.6) is 0 Å². The summed E-state index contributed by atoms with van der Waals surface area (Å²) < 4.78 is 32.4. The van der Waals surface area contributed by atoms with Crippen LogP contribution in [-0.4, -0.2) is 39.0 Å². The number of hydrogen-bond donors (Lipinski definition) is 2. The van der Waals surface area contributed by atoms with Crippen LogP contribution in [0, 0.1) is 13.8 Å². The van der Waals surface area contributed by atoms with E-state index in [1.165, 1.54) is 4.31 Å². The minimum absolute atomic E-state index is 0.374. The maximum Gasteiger partial charge on any atom is 0.243 e. The third kappa shape index (κ3) is 2.95. The molecule has 2 rings (SSSR count). The van der Waals surface area contributed by atoms with Gasteiger partial charge in [-0.2, -0.15) is 4.31 Å². The van der Waals surface area contributed by atoms with Gasteiger partial charge in [-0.05, 0) is 43.5 Å². The summed E-state index contributed by atoms with van der Waals surface area (Å²) >= 11 is 0. The third-order valence-electron chi connectivity index (χ3n) is 3.41. The second-order valence-corrected chi connectivity index (χ2v) is 6.83. The van der Waals surface area contributed by atoms with Crippen molar-refractivity contribution in [2.24, 2.45) is 5.84 Å². The Bertz CT molecular complexity index is 556. The molecule has 3 N–H and O–H groups in total. The molecule has 0 aliphatic carbocycles. The van der Waals surface area contributed by atoms with E-state index < -0.39 is 10.0 Å². The lowest BCUT2D eigenvalue weighted by Crippen LogP contribution is -2.34. The summed E-state index contributed by atoms with van der Waals surface area (Å²) in [5.41, 5.74) is 4.65. The molecule has 1 saturated heterocycles. The number of benzene rings is 1. The van der Waals surface area contributed by atoms with Crippen molar-refractivity contribution in [2.75, 3.05) is 31.7 Å². The molecule has 0 bridgehead atoms. The fourth-order valence-corrected chi connectivity index (χ4v) is 4.41. The van der Waals surface area contributed by atoms with Crippen molar-refractivity contribution in [3.05, 3.63) is 23.3 Å². The highest BCUT2D eigenvalue weighted by molar-refractivity contribution is 7.89. The number of nitrogens with one attached hydrogen (secondary N) is 1. The quantitative estimate of drug-likeness (QED) is 0.642. The molecule has 1 aliphatic heterocycles. The number of nitrogens with zero attached hydrogens (tertiary/aromatic N) is 1. The zero-order valence-corrected chi connectivity index (χ0v) is 12.7. The summed E-state index contributed by atoms with van der Waals surface area (Å²) in [6, 6.07) is 3.49. The van der Waals surface area contributed by atoms with Crippen LogP contribution in [0.3, 0.4) is 0 Å². The van der Waals surface area contributed by atoms with E-state index in [9.17, 15) is 8.42 Å². The Morgan fingerprint density at radius 2 is 1.85 bits per heavy atom. The lowest BCUT2D eigenvalue weighted by molar-refractivity contribution is 0.148. The summed E-state index contributed by atoms with van der Waals surface area (Å²) in [6.45, 7) is 5.53. The third-order valence-corrected chi connectivity index (χ3v) is 5.61. The van der Waals surface area contributed by atoms with Crippen LogP contribution in [0.2, 0.25) is 0 Å². The highest BCUT2D eigenvalue weighted by atomic mass is 32.2. The number of nitrogen functional groups attached to an aromatic ring is 1. The monoisotopic (exact) mass is 299 g/mol. The van der Waals surface area contributed by atoms with Crippen LogP contribution in [-0.2, 0) is 14.8 Å². The SMILES string of the molecule is Cc1cc(NN)cc(C)c1S(=O)(=O)N1CCCOCC1. The van der Waals surface area contributed by atoms with Gasteiger partial charge in [0.1, 0.15) is 0 Å². The summed E-state index contributed by atoms with van der Waals surface area (Å²) in [7, 11) is -3.49. The smallest absolute Gasteiger partial charge is 0.243 e. The van der Waals surface area contributed by atoms with E-state index in [1.54, 1.807) is 26.0 Å². The number of sulfonamides is 1. The topological polar surface area (TPSA) is 84.7 Å². The molecular formula is C13H21N3O3S. The van der Waals surface area contributed by atoms with Gasteiger partial charge in [-0.1, -0.05) is 0 Å². The van der Waals surface area contributed by atoms with Crippen LogP contribution in [0.25, 0.3) is 0 Å². The number of hydrazine groups is 1. The molecule has 6 nitrogen and oxygen atoms in total. The molecule has 0 saturated carbocycles. The fraction of sp³-hybridized carbons (Fsp3) is 0.538. The lowest BCUT2D eigenvalue weighted by Gasteiger charge is -2.22. The van der Waals surface area contributed by atoms with Gasteiger partial charge in [0.05, 0.1) is 11.5 Å². The minimum atomic E-state index is -3.49. The molecule has 1 aliphatic rings. The minimum Gasteiger partial charge on any atom is -0.380 e. The largest absolute Gasteiger partial charge is 0.380 e. The van der Waals surface area contributed by atoms with Crippen molar-refractivity contribution in [3.8, 4) is 0 Å². The second kappa shape index (κ2) is 6.09. The number of aryl methyl sites for hydroxylation is 2. The Morgan fingerprint density at radius 3 is 2.45 bits per heavy atom. The average molecular weight is 299 g/mol. The normalized spacial score (nSPS) is 17.8. The highest BCUT2D eigenvalue weighted by Crippen LogP contribution is 2.27. The first-order valence-corrected chi connectivity index (χ1v) is 8.06. The summed E-state index contributed by atoms with van der Waals surface area (Å²) in [6.07, 6.45) is 0.722. The van der Waals surface area contributed by atoms with E-state index in [0.29, 0.717) is 48.0 Å². The van der Waals surface area contributed by atoms with E-state index in [-0.39, 0.29) is 0 Å². The van der Waals surface area contributed by atoms with Gasteiger partial charge in [0.2, 0.25) is 10.0 Å². The molecule has 1 heterocycles. The van der Waals surface area contributed by atoms with Crippen LogP contribution >= 0.6 is 0 Å². The Labute approximate surface area is 119 Å². The van der Waals surface area contributed by atoms with Crippen LogP contribution in [0.4, 0.5) is 5.69 Å². The summed E-state index contributed by atoms with van der Waals surface area (Å²) in [5.74, 6) is 5.38. The predicted molar refractivity (Wildman–Crippen MR) is 77.9 cm³/mol. The van der Waals surface area contributed by atoms with Crippen LogP contribution in [0.15, 0.2) is 17.0 Å². The zero-order valence-electron chi connectivity index (χ0n) is 11.8. The van der Waals surface area contributed by atoms with Gasteiger partial charge < -0.3 is 10.2 Å². The van der Waals surface area contributed by atoms with Crippen molar-refractivity contribution in [3.63, 3.8) is 0 Å². The first-order chi connectivity index (χ1) is 9.46. The zero-order chi connectivity index (χ0) is 14.8. The van der Waals surface area contributed by atoms with Gasteiger partial charge in [0.25, 0.3) is 0 Å². The molecule has 0 unspecified atom stereocenters. The van der Waals surface area contributed by atoms with E-state index in [2.05, 4.69) is 5.43 Å². The van der Waals surface area contributed by atoms with Crippen molar-refractivity contribution in [1.82, 2.24) is 4.31 Å². The average Bonchev–Trinajstić information content (AvgIpc) is 2.66. The molecule has 112 valence electrons. The molecular weight excluding hydrogens is 278 g/mol. The van der Waals surface area contributed by atoms with Gasteiger partial charge >= 0.3 is 0 Å². The van der Waals surface area contributed by atoms with Crippen molar-refractivity contribution < 1.29 is 13.2 Å². The molecule has 0 radical (unpaired) electrons. The van der Waals surface area contributed by atoms with E-state index >= 15 is 0 Å². The first kappa shape index (κ1) is 15.2. The highest BCUT2D eigenvalue weighted by Gasteiger charge is 2.28. The molecule has 1 aromatic carbocycles. The van der Waals surface area contributed by atoms with Crippen LogP contribution in [0.1, 0.15) is 17.5 Å². The van der Waals surface area contributed by atoms with E-state index in [1.807, 2.05) is 0 Å². The maximum absolute atomic E-state index is 12.8. The van der Waals surface area contributed by atoms with Gasteiger partial charge in [0.15, 0.2) is 0 Å². The maximum atomic E-state index is 12.8. The summed E-state index contributed by atoms with van der Waals surface area (Å²) in [5, 5.41) is 0. The number of anilines is 1. The Hall–Kier alpha value is -1.15. The molecule has 7 heteroatoms. The number of hydrogen-bond acceptors (Lipinski definition) is 5. The number of ether oxygens (including phenoxy) is 1. The van der Waals surface area contributed by atoms with E-state index in [0.717, 1.165) is 6.42 Å². The Morgan fingerprint density at radius 1 is 1.20 bits per heavy atom. The number of nitrogens with two attached hydrogens (primary N) is 1. The van der Waals surface area contributed by atoms with Crippen molar-refractivity contribution in [1.29, 1.82) is 0 Å². The Balaban J connectivity index is 2.43. The molecule has 0 spiro atoms. The molecule has 1 fully saturated rings. The Kier molecular flexibility index (Phi) is 4.64. The molecule has 0 amide bonds. The lowest BCUT2D eigenvalue weighted by atomic mass is 10.1. The summed E-state index contributed by atoms with van der Waals surface area (Å²) in [4.78, 5) is 0.374. The van der Waals surface area contributed by atoms with E-state index in [4.69, 9.17) is 10.6 Å².